The minimum Gasteiger partial charge on any atom is -0.487 e. The van der Waals surface area contributed by atoms with Gasteiger partial charge in [0, 0.05) is 44.5 Å². The van der Waals surface area contributed by atoms with Gasteiger partial charge in [0.05, 0.1) is 18.0 Å². The first-order valence-electron chi connectivity index (χ1n) is 8.72. The Balaban J connectivity index is 1.57. The third-order valence-electron chi connectivity index (χ3n) is 4.66. The van der Waals surface area contributed by atoms with Gasteiger partial charge in [0.1, 0.15) is 18.2 Å². The molecule has 0 N–H and O–H groups in total. The molecule has 0 fully saturated rings. The van der Waals surface area contributed by atoms with Crippen molar-refractivity contribution in [3.05, 3.63) is 71.4 Å². The summed E-state index contributed by atoms with van der Waals surface area (Å²) in [6.07, 6.45) is 4.61. The number of nitrogens with zero attached hydrogens (tertiary/aromatic N) is 4. The quantitative estimate of drug-likeness (QED) is 0.829. The summed E-state index contributed by atoms with van der Waals surface area (Å²) < 4.78 is 19.1. The molecule has 0 saturated carbocycles. The van der Waals surface area contributed by atoms with Gasteiger partial charge in [0.25, 0.3) is 0 Å². The van der Waals surface area contributed by atoms with Crippen molar-refractivity contribution in [1.82, 2.24) is 14.9 Å². The van der Waals surface area contributed by atoms with Gasteiger partial charge < -0.3 is 9.64 Å². The number of hydrogen-bond donors (Lipinski definition) is 0. The van der Waals surface area contributed by atoms with Crippen LogP contribution < -0.4 is 4.74 Å². The molecule has 1 aromatic heterocycles. The number of hydrazone groups is 1. The number of rotatable bonds is 5. The van der Waals surface area contributed by atoms with Crippen LogP contribution in [0.1, 0.15) is 12.0 Å². The molecule has 0 saturated heterocycles. The molecule has 1 aromatic carbocycles. The number of benzene rings is 1. The molecule has 4 rings (SSSR count). The normalized spacial score (nSPS) is 16.6. The Kier molecular flexibility index (Phi) is 4.56. The molecule has 0 unspecified atom stereocenters. The van der Waals surface area contributed by atoms with Crippen molar-refractivity contribution in [1.29, 1.82) is 0 Å². The summed E-state index contributed by atoms with van der Waals surface area (Å²) in [5.74, 6) is 0.401. The predicted molar refractivity (Wildman–Crippen MR) is 98.3 cm³/mol. The van der Waals surface area contributed by atoms with Crippen LogP contribution in [0.25, 0.3) is 0 Å². The summed E-state index contributed by atoms with van der Waals surface area (Å²) >= 11 is 0. The second-order valence-corrected chi connectivity index (χ2v) is 6.56. The fourth-order valence-corrected chi connectivity index (χ4v) is 3.39. The Morgan fingerprint density at radius 3 is 2.81 bits per heavy atom. The van der Waals surface area contributed by atoms with E-state index in [0.29, 0.717) is 12.4 Å². The number of pyridine rings is 1. The fraction of sp³-hybridized carbons (Fsp3) is 0.300. The van der Waals surface area contributed by atoms with Gasteiger partial charge in [-0.2, -0.15) is 5.10 Å². The molecular weight excluding hydrogens is 331 g/mol. The summed E-state index contributed by atoms with van der Waals surface area (Å²) in [5.41, 5.74) is 4.70. The van der Waals surface area contributed by atoms with Crippen LogP contribution in [0.5, 0.6) is 5.75 Å². The lowest BCUT2D eigenvalue weighted by Crippen LogP contribution is -2.35. The Labute approximate surface area is 152 Å². The zero-order valence-corrected chi connectivity index (χ0v) is 14.7. The number of halogens is 1. The molecule has 2 aliphatic rings. The number of aromatic nitrogens is 1. The van der Waals surface area contributed by atoms with E-state index in [1.807, 2.05) is 24.3 Å². The summed E-state index contributed by atoms with van der Waals surface area (Å²) in [6.45, 7) is 2.92. The van der Waals surface area contributed by atoms with Crippen LogP contribution in [-0.4, -0.2) is 47.3 Å². The molecule has 0 aliphatic carbocycles. The number of hydrogen-bond acceptors (Lipinski definition) is 5. The third-order valence-corrected chi connectivity index (χ3v) is 4.66. The molecule has 0 bridgehead atoms. The van der Waals surface area contributed by atoms with Crippen molar-refractivity contribution in [2.24, 2.45) is 5.10 Å². The van der Waals surface area contributed by atoms with Crippen LogP contribution in [0.4, 0.5) is 4.39 Å². The highest BCUT2D eigenvalue weighted by Gasteiger charge is 2.29. The van der Waals surface area contributed by atoms with E-state index in [-0.39, 0.29) is 5.82 Å². The average molecular weight is 352 g/mol. The van der Waals surface area contributed by atoms with Crippen LogP contribution >= 0.6 is 0 Å². The average Bonchev–Trinajstić information content (AvgIpc) is 3.03. The van der Waals surface area contributed by atoms with E-state index in [4.69, 9.17) is 4.74 Å². The Bertz CT molecular complexity index is 833. The van der Waals surface area contributed by atoms with Crippen molar-refractivity contribution in [2.75, 3.05) is 26.7 Å². The second-order valence-electron chi connectivity index (χ2n) is 6.56. The van der Waals surface area contributed by atoms with Crippen molar-refractivity contribution < 1.29 is 9.13 Å². The molecule has 3 heterocycles. The van der Waals surface area contributed by atoms with Gasteiger partial charge >= 0.3 is 0 Å². The molecule has 6 heteroatoms. The largest absolute Gasteiger partial charge is 0.487 e. The Hall–Kier alpha value is -2.89. The first-order chi connectivity index (χ1) is 12.7. The molecule has 26 heavy (non-hydrogen) atoms. The molecule has 0 amide bonds. The summed E-state index contributed by atoms with van der Waals surface area (Å²) in [6, 6.07) is 10.2. The van der Waals surface area contributed by atoms with Crippen molar-refractivity contribution >= 4 is 5.71 Å². The third kappa shape index (κ3) is 3.54. The number of likely N-dealkylation sites (N-methyl/N-ethyl adjacent to an activating group) is 1. The lowest BCUT2D eigenvalue weighted by Gasteiger charge is -2.33. The molecule has 2 aliphatic heterocycles. The van der Waals surface area contributed by atoms with Crippen LogP contribution in [-0.2, 0) is 6.54 Å². The van der Waals surface area contributed by atoms with E-state index < -0.39 is 0 Å². The van der Waals surface area contributed by atoms with Gasteiger partial charge in [-0.3, -0.25) is 9.99 Å². The van der Waals surface area contributed by atoms with Gasteiger partial charge in [0.15, 0.2) is 0 Å². The maximum absolute atomic E-state index is 13.1. The minimum absolute atomic E-state index is 0.262. The zero-order chi connectivity index (χ0) is 17.9. The second kappa shape index (κ2) is 7.15. The van der Waals surface area contributed by atoms with E-state index >= 15 is 0 Å². The maximum atomic E-state index is 13.1. The van der Waals surface area contributed by atoms with Crippen molar-refractivity contribution in [3.8, 4) is 5.75 Å². The summed E-state index contributed by atoms with van der Waals surface area (Å²) in [4.78, 5) is 6.56. The monoisotopic (exact) mass is 352 g/mol. The number of ether oxygens (including phenoxy) is 1. The number of fused-ring (bicyclic) bond motifs is 1. The Morgan fingerprint density at radius 1 is 1.19 bits per heavy atom. The lowest BCUT2D eigenvalue weighted by atomic mass is 10.00. The van der Waals surface area contributed by atoms with Crippen molar-refractivity contribution in [3.63, 3.8) is 0 Å². The molecule has 5 nitrogen and oxygen atoms in total. The molecule has 0 spiro atoms. The summed E-state index contributed by atoms with van der Waals surface area (Å²) in [5, 5.41) is 6.59. The SMILES string of the molecule is CN1CC2=C(COc3ccc(F)cc3)N(Cc3cccnc3)CCC2=N1. The van der Waals surface area contributed by atoms with E-state index in [9.17, 15) is 4.39 Å². The van der Waals surface area contributed by atoms with Crippen LogP contribution in [0.3, 0.4) is 0 Å². The lowest BCUT2D eigenvalue weighted by molar-refractivity contribution is 0.256. The summed E-state index contributed by atoms with van der Waals surface area (Å²) in [7, 11) is 1.99. The van der Waals surface area contributed by atoms with E-state index in [2.05, 4.69) is 21.1 Å². The van der Waals surface area contributed by atoms with E-state index in [0.717, 1.165) is 37.5 Å². The zero-order valence-electron chi connectivity index (χ0n) is 14.7. The highest BCUT2D eigenvalue weighted by atomic mass is 19.1. The maximum Gasteiger partial charge on any atom is 0.128 e. The van der Waals surface area contributed by atoms with E-state index in [1.165, 1.54) is 23.3 Å². The van der Waals surface area contributed by atoms with Crippen LogP contribution in [0, 0.1) is 5.82 Å². The topological polar surface area (TPSA) is 41.0 Å². The van der Waals surface area contributed by atoms with E-state index in [1.54, 1.807) is 18.3 Å². The molecular formula is C20H21FN4O. The molecule has 2 aromatic rings. The van der Waals surface area contributed by atoms with Gasteiger partial charge in [0.2, 0.25) is 0 Å². The highest BCUT2D eigenvalue weighted by molar-refractivity contribution is 6.03. The standard InChI is InChI=1S/C20H21FN4O/c1-24-13-18-19(23-24)8-10-25(12-15-3-2-9-22-11-15)20(18)14-26-17-6-4-16(21)5-7-17/h2-7,9,11H,8,10,12-14H2,1H3. The smallest absolute Gasteiger partial charge is 0.128 e. The highest BCUT2D eigenvalue weighted by Crippen LogP contribution is 2.28. The Morgan fingerprint density at radius 2 is 2.04 bits per heavy atom. The van der Waals surface area contributed by atoms with Crippen LogP contribution in [0.2, 0.25) is 0 Å². The van der Waals surface area contributed by atoms with Gasteiger partial charge in [-0.05, 0) is 35.9 Å². The molecule has 134 valence electrons. The van der Waals surface area contributed by atoms with Gasteiger partial charge in [-0.25, -0.2) is 4.39 Å². The van der Waals surface area contributed by atoms with Gasteiger partial charge in [-0.1, -0.05) is 6.07 Å². The fourth-order valence-electron chi connectivity index (χ4n) is 3.39. The molecule has 0 atom stereocenters. The minimum atomic E-state index is -0.262. The van der Waals surface area contributed by atoms with Crippen LogP contribution in [0.15, 0.2) is 65.2 Å². The predicted octanol–water partition coefficient (Wildman–Crippen LogP) is 3.06. The first kappa shape index (κ1) is 16.6. The molecule has 0 radical (unpaired) electrons. The van der Waals surface area contributed by atoms with Gasteiger partial charge in [-0.15, -0.1) is 0 Å². The van der Waals surface area contributed by atoms with Crippen molar-refractivity contribution in [2.45, 2.75) is 13.0 Å². The first-order valence-corrected chi connectivity index (χ1v) is 8.72.